The number of fused-ring (bicyclic) bond motifs is 1. The minimum absolute atomic E-state index is 0.308. The average molecular weight is 503 g/mol. The van der Waals surface area contributed by atoms with Crippen LogP contribution in [0.3, 0.4) is 0 Å². The highest BCUT2D eigenvalue weighted by Crippen LogP contribution is 2.25. The summed E-state index contributed by atoms with van der Waals surface area (Å²) in [5.74, 6) is -1.25. The van der Waals surface area contributed by atoms with Gasteiger partial charge in [0.25, 0.3) is 0 Å². The number of rotatable bonds is 7. The molecule has 0 aliphatic rings. The van der Waals surface area contributed by atoms with E-state index in [0.717, 1.165) is 33.3 Å². The molecule has 0 saturated heterocycles. The van der Waals surface area contributed by atoms with Crippen molar-refractivity contribution < 1.29 is 14.3 Å². The van der Waals surface area contributed by atoms with Crippen molar-refractivity contribution in [3.8, 4) is 6.07 Å². The Morgan fingerprint density at radius 1 is 0.868 bits per heavy atom. The summed E-state index contributed by atoms with van der Waals surface area (Å²) in [6.07, 6.45) is 8.95. The lowest BCUT2D eigenvalue weighted by Crippen LogP contribution is -2.09. The van der Waals surface area contributed by atoms with Crippen molar-refractivity contribution in [2.24, 2.45) is 0 Å². The van der Waals surface area contributed by atoms with E-state index < -0.39 is 5.97 Å². The lowest BCUT2D eigenvalue weighted by molar-refractivity contribution is -0.132. The molecule has 6 heteroatoms. The lowest BCUT2D eigenvalue weighted by Gasteiger charge is -2.13. The fourth-order valence-electron chi connectivity index (χ4n) is 3.93. The van der Waals surface area contributed by atoms with E-state index in [0.29, 0.717) is 16.7 Å². The van der Waals surface area contributed by atoms with Crippen LogP contribution in [0, 0.1) is 18.3 Å². The maximum Gasteiger partial charge on any atom is 0.346 e. The van der Waals surface area contributed by atoms with E-state index in [1.54, 1.807) is 24.3 Å². The van der Waals surface area contributed by atoms with Crippen LogP contribution < -0.4 is 10.5 Å². The van der Waals surface area contributed by atoms with Crippen LogP contribution in [0.2, 0.25) is 0 Å². The predicted molar refractivity (Wildman–Crippen MR) is 154 cm³/mol. The number of nitrogens with zero attached hydrogens (tertiary/aromatic N) is 2. The van der Waals surface area contributed by atoms with E-state index in [2.05, 4.69) is 0 Å². The van der Waals surface area contributed by atoms with Gasteiger partial charge in [0.15, 0.2) is 0 Å². The molecule has 4 aromatic rings. The third kappa shape index (κ3) is 5.97. The first kappa shape index (κ1) is 25.9. The largest absolute Gasteiger partial charge is 0.477 e. The first-order valence-corrected chi connectivity index (χ1v) is 11.9. The van der Waals surface area contributed by atoms with Crippen LogP contribution in [0.4, 0.5) is 5.69 Å². The molecule has 1 heterocycles. The second kappa shape index (κ2) is 11.3. The third-order valence-electron chi connectivity index (χ3n) is 6.16. The van der Waals surface area contributed by atoms with Crippen LogP contribution in [-0.4, -0.2) is 25.2 Å². The molecule has 38 heavy (non-hydrogen) atoms. The van der Waals surface area contributed by atoms with Crippen molar-refractivity contribution in [2.45, 2.75) is 6.92 Å². The molecule has 0 bridgehead atoms. The minimum Gasteiger partial charge on any atom is -0.477 e. The summed E-state index contributed by atoms with van der Waals surface area (Å²) in [5.41, 5.74) is 5.82. The summed E-state index contributed by atoms with van der Waals surface area (Å²) in [4.78, 5) is 25.6. The number of aliphatic carboxylic acids is 1. The van der Waals surface area contributed by atoms with E-state index in [9.17, 15) is 9.59 Å². The number of carboxylic acids is 1. The number of anilines is 1. The average Bonchev–Trinajstić information content (AvgIpc) is 2.91. The molecule has 1 N–H and O–H groups in total. The summed E-state index contributed by atoms with van der Waals surface area (Å²) >= 11 is 0. The van der Waals surface area contributed by atoms with Gasteiger partial charge in [-0.25, -0.2) is 9.59 Å². The number of nitriles is 1. The highest BCUT2D eigenvalue weighted by molar-refractivity contribution is 5.96. The molecule has 0 atom stereocenters. The van der Waals surface area contributed by atoms with Crippen LogP contribution in [0.1, 0.15) is 33.4 Å². The summed E-state index contributed by atoms with van der Waals surface area (Å²) in [7, 11) is 3.89. The molecule has 4 rings (SSSR count). The number of hydrogen-bond donors (Lipinski definition) is 1. The molecular formula is C32H26N2O4. The molecule has 0 amide bonds. The van der Waals surface area contributed by atoms with Crippen molar-refractivity contribution in [3.05, 3.63) is 116 Å². The van der Waals surface area contributed by atoms with Gasteiger partial charge in [-0.3, -0.25) is 0 Å². The van der Waals surface area contributed by atoms with Crippen LogP contribution in [0.15, 0.2) is 81.5 Å². The molecule has 6 nitrogen and oxygen atoms in total. The number of hydrogen-bond acceptors (Lipinski definition) is 5. The maximum atomic E-state index is 12.7. The van der Waals surface area contributed by atoms with Gasteiger partial charge in [-0.15, -0.1) is 0 Å². The van der Waals surface area contributed by atoms with Crippen LogP contribution in [-0.2, 0) is 4.79 Å². The van der Waals surface area contributed by atoms with Crippen molar-refractivity contribution in [1.82, 2.24) is 0 Å². The number of carbonyl (C=O) groups is 1. The van der Waals surface area contributed by atoms with Gasteiger partial charge in [0.2, 0.25) is 0 Å². The molecular weight excluding hydrogens is 476 g/mol. The normalized spacial score (nSPS) is 11.8. The van der Waals surface area contributed by atoms with Crippen LogP contribution >= 0.6 is 0 Å². The maximum absolute atomic E-state index is 12.7. The Hall–Kier alpha value is -5.15. The first-order chi connectivity index (χ1) is 18.2. The molecule has 0 spiro atoms. The van der Waals surface area contributed by atoms with Gasteiger partial charge < -0.3 is 14.4 Å². The Labute approximate surface area is 220 Å². The first-order valence-electron chi connectivity index (χ1n) is 11.9. The molecule has 3 aromatic carbocycles. The van der Waals surface area contributed by atoms with E-state index in [1.165, 1.54) is 6.08 Å². The molecule has 0 fully saturated rings. The van der Waals surface area contributed by atoms with Gasteiger partial charge in [0.05, 0.1) is 5.56 Å². The van der Waals surface area contributed by atoms with Crippen molar-refractivity contribution in [3.63, 3.8) is 0 Å². The van der Waals surface area contributed by atoms with Gasteiger partial charge >= 0.3 is 11.6 Å². The molecule has 1 aromatic heterocycles. The summed E-state index contributed by atoms with van der Waals surface area (Å²) in [6.45, 7) is 1.93. The zero-order chi connectivity index (χ0) is 27.2. The van der Waals surface area contributed by atoms with E-state index in [-0.39, 0.29) is 11.2 Å². The summed E-state index contributed by atoms with van der Waals surface area (Å²) in [5, 5.41) is 18.8. The second-order valence-corrected chi connectivity index (χ2v) is 8.98. The van der Waals surface area contributed by atoms with Gasteiger partial charge in [-0.2, -0.15) is 5.26 Å². The van der Waals surface area contributed by atoms with Gasteiger partial charge in [-0.05, 0) is 59.0 Å². The molecule has 188 valence electrons. The van der Waals surface area contributed by atoms with E-state index in [1.807, 2.05) is 98.7 Å². The number of carboxylic acid groups (broad SMARTS) is 1. The Kier molecular flexibility index (Phi) is 7.69. The summed E-state index contributed by atoms with van der Waals surface area (Å²) < 4.78 is 5.60. The topological polar surface area (TPSA) is 94.5 Å². The fourth-order valence-corrected chi connectivity index (χ4v) is 3.93. The molecule has 0 aliphatic heterocycles. The SMILES string of the molecule is Cc1c(/C=C/c2ccc(/C=C/c3ccc(/C=C(\C#N)C(=O)O)cc3)cc2)c(=O)oc2cc(N(C)C)ccc12. The Morgan fingerprint density at radius 2 is 1.39 bits per heavy atom. The minimum atomic E-state index is -1.25. The molecule has 0 aliphatic carbocycles. The Bertz CT molecular complexity index is 1680. The van der Waals surface area contributed by atoms with Gasteiger partial charge in [-0.1, -0.05) is 66.8 Å². The monoisotopic (exact) mass is 502 g/mol. The van der Waals surface area contributed by atoms with E-state index in [4.69, 9.17) is 14.8 Å². The lowest BCUT2D eigenvalue weighted by atomic mass is 10.0. The highest BCUT2D eigenvalue weighted by Gasteiger charge is 2.10. The zero-order valence-electron chi connectivity index (χ0n) is 21.3. The number of benzene rings is 3. The standard InChI is InChI=1S/C32H26N2O4/c1-21-28-17-15-27(34(2)3)19-30(28)38-32(37)29(21)16-14-24-8-6-22(7-9-24)4-5-23-10-12-25(13-11-23)18-26(20-33)31(35)36/h4-19H,1-3H3,(H,35,36)/b5-4+,16-14+,26-18+. The summed E-state index contributed by atoms with van der Waals surface area (Å²) in [6, 6.07) is 22.7. The molecule has 0 unspecified atom stereocenters. The quantitative estimate of drug-likeness (QED) is 0.134. The third-order valence-corrected chi connectivity index (χ3v) is 6.16. The second-order valence-electron chi connectivity index (χ2n) is 8.98. The highest BCUT2D eigenvalue weighted by atomic mass is 16.4. The predicted octanol–water partition coefficient (Wildman–Crippen LogP) is 6.50. The zero-order valence-corrected chi connectivity index (χ0v) is 21.3. The fraction of sp³-hybridized carbons (Fsp3) is 0.0938. The smallest absolute Gasteiger partial charge is 0.346 e. The Balaban J connectivity index is 1.48. The van der Waals surface area contributed by atoms with Crippen molar-refractivity contribution in [1.29, 1.82) is 5.26 Å². The number of aryl methyl sites for hydroxylation is 1. The van der Waals surface area contributed by atoms with Crippen molar-refractivity contribution >= 4 is 53.0 Å². The molecule has 0 saturated carbocycles. The van der Waals surface area contributed by atoms with E-state index >= 15 is 0 Å². The Morgan fingerprint density at radius 3 is 1.89 bits per heavy atom. The van der Waals surface area contributed by atoms with Crippen LogP contribution in [0.25, 0.3) is 41.3 Å². The van der Waals surface area contributed by atoms with Crippen molar-refractivity contribution in [2.75, 3.05) is 19.0 Å². The molecule has 0 radical (unpaired) electrons. The van der Waals surface area contributed by atoms with Crippen LogP contribution in [0.5, 0.6) is 0 Å². The van der Waals surface area contributed by atoms with Gasteiger partial charge in [0.1, 0.15) is 17.2 Å². The van der Waals surface area contributed by atoms with Gasteiger partial charge in [0, 0.05) is 31.2 Å².